The fraction of sp³-hybridized carbons (Fsp3) is 0.429. The van der Waals surface area contributed by atoms with Crippen LogP contribution in [0.25, 0.3) is 11.0 Å². The minimum Gasteiger partial charge on any atom is -0.458 e. The van der Waals surface area contributed by atoms with Crippen LogP contribution < -0.4 is 5.32 Å². The zero-order valence-electron chi connectivity index (χ0n) is 10.7. The highest BCUT2D eigenvalue weighted by Crippen LogP contribution is 2.37. The van der Waals surface area contributed by atoms with Gasteiger partial charge < -0.3 is 9.73 Å². The number of benzene rings is 1. The molecule has 1 aromatic heterocycles. The smallest absolute Gasteiger partial charge is 0.147 e. The molecular weight excluding hydrogens is 325 g/mol. The van der Waals surface area contributed by atoms with Crippen LogP contribution in [0.5, 0.6) is 0 Å². The van der Waals surface area contributed by atoms with Crippen LogP contribution >= 0.6 is 22.6 Å². The Morgan fingerprint density at radius 3 is 2.59 bits per heavy atom. The van der Waals surface area contributed by atoms with E-state index in [9.17, 15) is 0 Å². The highest BCUT2D eigenvalue weighted by Gasteiger charge is 2.25. The number of furan rings is 1. The minimum absolute atomic E-state index is 0.0991. The summed E-state index contributed by atoms with van der Waals surface area (Å²) < 4.78 is 7.20. The van der Waals surface area contributed by atoms with Gasteiger partial charge in [-0.2, -0.15) is 0 Å². The summed E-state index contributed by atoms with van der Waals surface area (Å²) in [6.45, 7) is 7.47. The van der Waals surface area contributed by atoms with E-state index in [1.54, 1.807) is 0 Å². The molecule has 3 heteroatoms. The summed E-state index contributed by atoms with van der Waals surface area (Å²) in [5, 5.41) is 4.43. The van der Waals surface area contributed by atoms with Crippen LogP contribution in [0.4, 0.5) is 0 Å². The number of hydrogen-bond donors (Lipinski definition) is 1. The van der Waals surface area contributed by atoms with Crippen LogP contribution in [0.2, 0.25) is 0 Å². The van der Waals surface area contributed by atoms with Gasteiger partial charge in [-0.1, -0.05) is 32.9 Å². The zero-order valence-corrected chi connectivity index (χ0v) is 12.9. The van der Waals surface area contributed by atoms with Gasteiger partial charge >= 0.3 is 0 Å². The molecule has 92 valence electrons. The molecule has 2 aromatic rings. The van der Waals surface area contributed by atoms with Gasteiger partial charge in [0, 0.05) is 10.9 Å². The molecule has 0 unspecified atom stereocenters. The topological polar surface area (TPSA) is 25.2 Å². The number of halogens is 1. The average molecular weight is 343 g/mol. The van der Waals surface area contributed by atoms with E-state index < -0.39 is 0 Å². The first kappa shape index (κ1) is 12.9. The number of nitrogens with one attached hydrogen (secondary N) is 1. The maximum absolute atomic E-state index is 6.03. The second-order valence-electron chi connectivity index (χ2n) is 5.30. The van der Waals surface area contributed by atoms with Crippen LogP contribution in [0, 0.1) is 3.57 Å². The minimum atomic E-state index is 0.0991. The van der Waals surface area contributed by atoms with Gasteiger partial charge in [0.1, 0.15) is 11.3 Å². The molecule has 0 aliphatic carbocycles. The van der Waals surface area contributed by atoms with Gasteiger partial charge in [-0.25, -0.2) is 0 Å². The highest BCUT2D eigenvalue weighted by atomic mass is 127. The molecule has 0 spiro atoms. The molecule has 0 aliphatic rings. The molecule has 1 aromatic carbocycles. The van der Waals surface area contributed by atoms with Crippen molar-refractivity contribution in [1.82, 2.24) is 5.32 Å². The first-order valence-corrected chi connectivity index (χ1v) is 6.88. The van der Waals surface area contributed by atoms with E-state index >= 15 is 0 Å². The molecule has 1 N–H and O–H groups in total. The maximum Gasteiger partial charge on any atom is 0.147 e. The third kappa shape index (κ3) is 2.36. The van der Waals surface area contributed by atoms with E-state index in [1.165, 1.54) is 14.5 Å². The lowest BCUT2D eigenvalue weighted by Crippen LogP contribution is -2.15. The first-order chi connectivity index (χ1) is 7.95. The summed E-state index contributed by atoms with van der Waals surface area (Å²) in [6.07, 6.45) is 0. The van der Waals surface area contributed by atoms with E-state index in [0.717, 1.165) is 17.9 Å². The molecule has 2 nitrogen and oxygen atoms in total. The summed E-state index contributed by atoms with van der Waals surface area (Å²) in [5.74, 6) is 1.05. The maximum atomic E-state index is 6.03. The van der Waals surface area contributed by atoms with Gasteiger partial charge in [0.25, 0.3) is 0 Å². The van der Waals surface area contributed by atoms with Crippen molar-refractivity contribution >= 4 is 33.6 Å². The second-order valence-corrected chi connectivity index (χ2v) is 6.46. The van der Waals surface area contributed by atoms with Crippen molar-refractivity contribution < 1.29 is 4.42 Å². The van der Waals surface area contributed by atoms with Crippen molar-refractivity contribution in [3.63, 3.8) is 0 Å². The fourth-order valence-corrected chi connectivity index (χ4v) is 2.85. The largest absolute Gasteiger partial charge is 0.458 e. The van der Waals surface area contributed by atoms with Crippen molar-refractivity contribution in [3.8, 4) is 0 Å². The molecule has 0 bridgehead atoms. The number of para-hydroxylation sites is 1. The lowest BCUT2D eigenvalue weighted by atomic mass is 9.85. The Morgan fingerprint density at radius 2 is 2.00 bits per heavy atom. The third-order valence-electron chi connectivity index (χ3n) is 2.83. The summed E-state index contributed by atoms with van der Waals surface area (Å²) in [6, 6.07) is 6.33. The fourth-order valence-electron chi connectivity index (χ4n) is 2.24. The van der Waals surface area contributed by atoms with Crippen LogP contribution in [0.3, 0.4) is 0 Å². The van der Waals surface area contributed by atoms with Crippen molar-refractivity contribution in [2.24, 2.45) is 0 Å². The van der Waals surface area contributed by atoms with Gasteiger partial charge in [-0.15, -0.1) is 0 Å². The number of hydrogen-bond acceptors (Lipinski definition) is 2. The lowest BCUT2D eigenvalue weighted by molar-refractivity contribution is 0.494. The Hall–Kier alpha value is -0.550. The van der Waals surface area contributed by atoms with E-state index in [1.807, 2.05) is 7.05 Å². The molecule has 17 heavy (non-hydrogen) atoms. The summed E-state index contributed by atoms with van der Waals surface area (Å²) >= 11 is 2.33. The van der Waals surface area contributed by atoms with Crippen LogP contribution in [0.15, 0.2) is 22.6 Å². The summed E-state index contributed by atoms with van der Waals surface area (Å²) in [4.78, 5) is 0. The normalized spacial score (nSPS) is 12.3. The zero-order chi connectivity index (χ0) is 12.6. The average Bonchev–Trinajstić information content (AvgIpc) is 2.57. The van der Waals surface area contributed by atoms with Crippen LogP contribution in [0.1, 0.15) is 32.1 Å². The molecule has 2 rings (SSSR count). The Bertz CT molecular complexity index is 537. The van der Waals surface area contributed by atoms with Crippen molar-refractivity contribution in [2.45, 2.75) is 32.7 Å². The Balaban J connectivity index is 2.76. The molecule has 0 saturated carbocycles. The van der Waals surface area contributed by atoms with E-state index in [0.29, 0.717) is 0 Å². The Kier molecular flexibility index (Phi) is 3.50. The lowest BCUT2D eigenvalue weighted by Gasteiger charge is -2.19. The van der Waals surface area contributed by atoms with E-state index in [2.05, 4.69) is 66.9 Å². The summed E-state index contributed by atoms with van der Waals surface area (Å²) in [5.41, 5.74) is 2.44. The van der Waals surface area contributed by atoms with Crippen molar-refractivity contribution in [3.05, 3.63) is 33.1 Å². The van der Waals surface area contributed by atoms with Gasteiger partial charge in [-0.05, 0) is 41.1 Å². The molecule has 0 fully saturated rings. The molecule has 0 amide bonds. The number of fused-ring (bicyclic) bond motifs is 1. The van der Waals surface area contributed by atoms with E-state index in [4.69, 9.17) is 4.42 Å². The highest BCUT2D eigenvalue weighted by molar-refractivity contribution is 14.1. The molecule has 0 radical (unpaired) electrons. The standard InChI is InChI=1S/C14H18INO/c1-14(2,3)12-9-6-5-7-10(15)13(9)17-11(12)8-16-4/h5-7,16H,8H2,1-4H3. The molecule has 0 aliphatic heterocycles. The summed E-state index contributed by atoms with van der Waals surface area (Å²) in [7, 11) is 1.95. The van der Waals surface area contributed by atoms with Gasteiger partial charge in [0.15, 0.2) is 0 Å². The number of rotatable bonds is 2. The van der Waals surface area contributed by atoms with E-state index in [-0.39, 0.29) is 5.41 Å². The monoisotopic (exact) mass is 343 g/mol. The predicted octanol–water partition coefficient (Wildman–Crippen LogP) is 4.05. The Labute approximate surface area is 116 Å². The molecule has 1 heterocycles. The SMILES string of the molecule is CNCc1oc2c(I)cccc2c1C(C)(C)C. The molecular formula is C14H18INO. The molecule has 0 saturated heterocycles. The Morgan fingerprint density at radius 1 is 1.29 bits per heavy atom. The quantitative estimate of drug-likeness (QED) is 0.832. The van der Waals surface area contributed by atoms with Gasteiger partial charge in [-0.3, -0.25) is 0 Å². The molecule has 0 atom stereocenters. The third-order valence-corrected chi connectivity index (χ3v) is 3.68. The second kappa shape index (κ2) is 4.61. The van der Waals surface area contributed by atoms with Crippen LogP contribution in [-0.2, 0) is 12.0 Å². The van der Waals surface area contributed by atoms with Gasteiger partial charge in [0.05, 0.1) is 10.1 Å². The predicted molar refractivity (Wildman–Crippen MR) is 80.4 cm³/mol. The van der Waals surface area contributed by atoms with Crippen LogP contribution in [-0.4, -0.2) is 7.05 Å². The van der Waals surface area contributed by atoms with Crippen molar-refractivity contribution in [1.29, 1.82) is 0 Å². The first-order valence-electron chi connectivity index (χ1n) is 5.80. The van der Waals surface area contributed by atoms with Gasteiger partial charge in [0.2, 0.25) is 0 Å². The van der Waals surface area contributed by atoms with Crippen molar-refractivity contribution in [2.75, 3.05) is 7.05 Å².